The van der Waals surface area contributed by atoms with Crippen LogP contribution in [0, 0.1) is 6.92 Å². The van der Waals surface area contributed by atoms with Crippen molar-refractivity contribution in [3.8, 4) is 0 Å². The van der Waals surface area contributed by atoms with E-state index in [0.717, 1.165) is 18.8 Å². The number of nitrogens with two attached hydrogens (primary N) is 1. The summed E-state index contributed by atoms with van der Waals surface area (Å²) in [4.78, 5) is 18.6. The number of hydrogen-bond acceptors (Lipinski definition) is 6. The highest BCUT2D eigenvalue weighted by atomic mass is 16.2. The molecule has 2 aliphatic heterocycles. The molecular weight excluding hydrogens is 256 g/mol. The van der Waals surface area contributed by atoms with Crippen molar-refractivity contribution in [2.45, 2.75) is 12.7 Å². The van der Waals surface area contributed by atoms with Crippen LogP contribution in [0.25, 0.3) is 0 Å². The summed E-state index contributed by atoms with van der Waals surface area (Å²) in [5.74, 6) is -0.764. The first-order valence-electron chi connectivity index (χ1n) is 6.52. The number of carbonyl (C=O) groups is 1. The van der Waals surface area contributed by atoms with Gasteiger partial charge >= 0.3 is 0 Å². The number of amides is 1. The van der Waals surface area contributed by atoms with Crippen LogP contribution in [0.2, 0.25) is 0 Å². The first-order valence-corrected chi connectivity index (χ1v) is 6.52. The van der Waals surface area contributed by atoms with Gasteiger partial charge in [-0.3, -0.25) is 15.5 Å². The largest absolute Gasteiger partial charge is 0.368 e. The van der Waals surface area contributed by atoms with Crippen molar-refractivity contribution >= 4 is 5.91 Å². The highest BCUT2D eigenvalue weighted by Gasteiger charge is 2.40. The van der Waals surface area contributed by atoms with Gasteiger partial charge in [-0.2, -0.15) is 0 Å². The van der Waals surface area contributed by atoms with Gasteiger partial charge in [0, 0.05) is 25.8 Å². The van der Waals surface area contributed by atoms with E-state index in [-0.39, 0.29) is 5.91 Å². The van der Waals surface area contributed by atoms with E-state index >= 15 is 0 Å². The Morgan fingerprint density at radius 2 is 2.20 bits per heavy atom. The number of nitrogens with one attached hydrogen (secondary N) is 3. The van der Waals surface area contributed by atoms with E-state index in [1.165, 1.54) is 0 Å². The Morgan fingerprint density at radius 1 is 1.40 bits per heavy atom. The lowest BCUT2D eigenvalue weighted by Gasteiger charge is -2.42. The monoisotopic (exact) mass is 274 g/mol. The quantitative estimate of drug-likeness (QED) is 0.518. The third kappa shape index (κ3) is 1.96. The van der Waals surface area contributed by atoms with Crippen LogP contribution in [0.1, 0.15) is 11.4 Å². The molecular formula is C13H18N6O. The van der Waals surface area contributed by atoms with Crippen LogP contribution in [0.3, 0.4) is 0 Å². The third-order valence-corrected chi connectivity index (χ3v) is 3.51. The van der Waals surface area contributed by atoms with Crippen molar-refractivity contribution in [3.05, 3.63) is 41.1 Å². The molecule has 0 fully saturated rings. The third-order valence-electron chi connectivity index (χ3n) is 3.51. The molecule has 0 saturated heterocycles. The molecule has 0 spiro atoms. The standard InChI is InChI=1S/C13H18N6O/c1-8-4-3-5-9(16-8)13(14)17-11-10(12(20)18-13)19(2)7-6-15-11/h3-5,15,17H,6-7,14H2,1-2H3,(H,18,20). The average Bonchev–Trinajstić information content (AvgIpc) is 2.38. The van der Waals surface area contributed by atoms with E-state index in [0.29, 0.717) is 17.2 Å². The number of nitrogens with zero attached hydrogens (tertiary/aromatic N) is 2. The van der Waals surface area contributed by atoms with E-state index in [1.54, 1.807) is 6.07 Å². The molecule has 5 N–H and O–H groups in total. The number of hydrogen-bond donors (Lipinski definition) is 4. The van der Waals surface area contributed by atoms with Crippen LogP contribution in [0.4, 0.5) is 0 Å². The second kappa shape index (κ2) is 4.38. The summed E-state index contributed by atoms with van der Waals surface area (Å²) < 4.78 is 0. The van der Waals surface area contributed by atoms with Gasteiger partial charge in [0.25, 0.3) is 5.91 Å². The van der Waals surface area contributed by atoms with Crippen molar-refractivity contribution in [3.63, 3.8) is 0 Å². The second-order valence-corrected chi connectivity index (χ2v) is 5.12. The SMILES string of the molecule is Cc1cccc(C2(N)NC(=O)C3=C(NCCN3C)N2)n1. The molecule has 3 rings (SSSR count). The molecule has 1 unspecified atom stereocenters. The van der Waals surface area contributed by atoms with Crippen LogP contribution in [0.15, 0.2) is 29.7 Å². The van der Waals surface area contributed by atoms with Crippen molar-refractivity contribution in [2.24, 2.45) is 5.73 Å². The van der Waals surface area contributed by atoms with E-state index < -0.39 is 5.79 Å². The van der Waals surface area contributed by atoms with Gasteiger partial charge in [0.1, 0.15) is 17.2 Å². The van der Waals surface area contributed by atoms with Crippen molar-refractivity contribution in [1.29, 1.82) is 0 Å². The average molecular weight is 274 g/mol. The number of pyridine rings is 1. The van der Waals surface area contributed by atoms with Gasteiger partial charge < -0.3 is 20.9 Å². The molecule has 1 aromatic rings. The zero-order chi connectivity index (χ0) is 14.3. The summed E-state index contributed by atoms with van der Waals surface area (Å²) in [5, 5.41) is 9.12. The number of likely N-dealkylation sites (N-methyl/N-ethyl adjacent to an activating group) is 1. The molecule has 1 amide bonds. The molecule has 2 aliphatic rings. The van der Waals surface area contributed by atoms with Crippen LogP contribution < -0.4 is 21.7 Å². The summed E-state index contributed by atoms with van der Waals surface area (Å²) in [5.41, 5.74) is 8.29. The number of carbonyl (C=O) groups excluding carboxylic acids is 1. The van der Waals surface area contributed by atoms with Crippen LogP contribution in [-0.4, -0.2) is 35.9 Å². The summed E-state index contributed by atoms with van der Waals surface area (Å²) >= 11 is 0. The van der Waals surface area contributed by atoms with E-state index in [4.69, 9.17) is 5.73 Å². The lowest BCUT2D eigenvalue weighted by molar-refractivity contribution is -0.122. The maximum Gasteiger partial charge on any atom is 0.274 e. The highest BCUT2D eigenvalue weighted by Crippen LogP contribution is 2.21. The Balaban J connectivity index is 2.00. The molecule has 106 valence electrons. The van der Waals surface area contributed by atoms with Gasteiger partial charge in [-0.25, -0.2) is 0 Å². The van der Waals surface area contributed by atoms with Gasteiger partial charge in [-0.15, -0.1) is 0 Å². The van der Waals surface area contributed by atoms with Crippen LogP contribution in [0.5, 0.6) is 0 Å². The molecule has 0 saturated carbocycles. The van der Waals surface area contributed by atoms with E-state index in [9.17, 15) is 4.79 Å². The van der Waals surface area contributed by atoms with Crippen molar-refractivity contribution in [1.82, 2.24) is 25.8 Å². The number of rotatable bonds is 1. The number of aromatic nitrogens is 1. The van der Waals surface area contributed by atoms with E-state index in [1.807, 2.05) is 31.0 Å². The first kappa shape index (κ1) is 12.7. The van der Waals surface area contributed by atoms with Gasteiger partial charge in [0.15, 0.2) is 0 Å². The minimum absolute atomic E-state index is 0.209. The minimum Gasteiger partial charge on any atom is -0.368 e. The van der Waals surface area contributed by atoms with E-state index in [2.05, 4.69) is 20.9 Å². The lowest BCUT2D eigenvalue weighted by atomic mass is 10.1. The van der Waals surface area contributed by atoms with Crippen molar-refractivity contribution in [2.75, 3.05) is 20.1 Å². The first-order chi connectivity index (χ1) is 9.49. The van der Waals surface area contributed by atoms with Gasteiger partial charge in [0.2, 0.25) is 5.79 Å². The van der Waals surface area contributed by atoms with Gasteiger partial charge in [-0.1, -0.05) is 6.07 Å². The fourth-order valence-corrected chi connectivity index (χ4v) is 2.48. The predicted molar refractivity (Wildman–Crippen MR) is 73.8 cm³/mol. The summed E-state index contributed by atoms with van der Waals surface area (Å²) in [7, 11) is 1.88. The maximum absolute atomic E-state index is 12.3. The Hall–Kier alpha value is -2.28. The molecule has 1 atom stereocenters. The summed E-state index contributed by atoms with van der Waals surface area (Å²) in [6.45, 7) is 3.41. The Bertz CT molecular complexity index is 598. The van der Waals surface area contributed by atoms with Gasteiger partial charge in [0.05, 0.1) is 0 Å². The normalized spacial score (nSPS) is 25.6. The van der Waals surface area contributed by atoms with Crippen molar-refractivity contribution < 1.29 is 4.79 Å². The Morgan fingerprint density at radius 3 is 2.95 bits per heavy atom. The molecule has 7 heteroatoms. The van der Waals surface area contributed by atoms with Crippen LogP contribution in [-0.2, 0) is 10.6 Å². The smallest absolute Gasteiger partial charge is 0.274 e. The second-order valence-electron chi connectivity index (χ2n) is 5.12. The molecule has 3 heterocycles. The number of aryl methyl sites for hydroxylation is 1. The molecule has 20 heavy (non-hydrogen) atoms. The fraction of sp³-hybridized carbons (Fsp3) is 0.385. The Kier molecular flexibility index (Phi) is 2.79. The molecule has 1 aromatic heterocycles. The minimum atomic E-state index is -1.20. The molecule has 0 aromatic carbocycles. The lowest BCUT2D eigenvalue weighted by Crippen LogP contribution is -2.69. The maximum atomic E-state index is 12.3. The highest BCUT2D eigenvalue weighted by molar-refractivity contribution is 5.95. The zero-order valence-electron chi connectivity index (χ0n) is 11.5. The summed E-state index contributed by atoms with van der Waals surface area (Å²) in [6, 6.07) is 5.54. The molecule has 7 nitrogen and oxygen atoms in total. The summed E-state index contributed by atoms with van der Waals surface area (Å²) in [6.07, 6.45) is 0. The molecule has 0 aliphatic carbocycles. The predicted octanol–water partition coefficient (Wildman–Crippen LogP) is -1.12. The van der Waals surface area contributed by atoms with Gasteiger partial charge in [-0.05, 0) is 19.1 Å². The zero-order valence-corrected chi connectivity index (χ0v) is 11.5. The molecule has 0 bridgehead atoms. The Labute approximate surface area is 117 Å². The topological polar surface area (TPSA) is 95.3 Å². The fourth-order valence-electron chi connectivity index (χ4n) is 2.48. The van der Waals surface area contributed by atoms with Crippen LogP contribution >= 0.6 is 0 Å². The molecule has 0 radical (unpaired) electrons.